The summed E-state index contributed by atoms with van der Waals surface area (Å²) < 4.78 is 2.19. The van der Waals surface area contributed by atoms with E-state index >= 15 is 0 Å². The van der Waals surface area contributed by atoms with Crippen LogP contribution in [0, 0.1) is 6.92 Å². The van der Waals surface area contributed by atoms with E-state index in [9.17, 15) is 0 Å². The number of aromatic nitrogens is 2. The summed E-state index contributed by atoms with van der Waals surface area (Å²) in [5.74, 6) is 1.01. The van der Waals surface area contributed by atoms with Crippen molar-refractivity contribution in [2.45, 2.75) is 26.8 Å². The van der Waals surface area contributed by atoms with E-state index in [-0.39, 0.29) is 6.04 Å². The second-order valence-corrected chi connectivity index (χ2v) is 5.30. The van der Waals surface area contributed by atoms with Crippen LogP contribution in [-0.2, 0) is 7.05 Å². The quantitative estimate of drug-likeness (QED) is 0.888. The Morgan fingerprint density at radius 2 is 1.81 bits per heavy atom. The minimum Gasteiger partial charge on any atom is -0.329 e. The summed E-state index contributed by atoms with van der Waals surface area (Å²) in [7, 11) is 2.09. The van der Waals surface area contributed by atoms with Crippen molar-refractivity contribution in [1.29, 1.82) is 0 Å². The number of imidazole rings is 1. The van der Waals surface area contributed by atoms with Gasteiger partial charge >= 0.3 is 0 Å². The highest BCUT2D eigenvalue weighted by Crippen LogP contribution is 2.27. The lowest BCUT2D eigenvalue weighted by Gasteiger charge is -2.29. The molecule has 0 aliphatic heterocycles. The highest BCUT2D eigenvalue weighted by atomic mass is 15.2. The average Bonchev–Trinajstić information content (AvgIpc) is 2.81. The lowest BCUT2D eigenvalue weighted by molar-refractivity contribution is 0.216. The second kappa shape index (κ2) is 6.87. The zero-order valence-electron chi connectivity index (χ0n) is 13.5. The lowest BCUT2D eigenvalue weighted by Crippen LogP contribution is -2.35. The van der Waals surface area contributed by atoms with E-state index in [1.54, 1.807) is 0 Å². The van der Waals surface area contributed by atoms with Crippen molar-refractivity contribution in [2.24, 2.45) is 12.8 Å². The maximum atomic E-state index is 6.06. The zero-order chi connectivity index (χ0) is 15.4. The van der Waals surface area contributed by atoms with Gasteiger partial charge in [0.25, 0.3) is 0 Å². The summed E-state index contributed by atoms with van der Waals surface area (Å²) in [5.41, 5.74) is 9.49. The SMILES string of the molecule is CCN(CC)C(CN)c1c(C)nc(-c2ccccc2)n1C. The fourth-order valence-corrected chi connectivity index (χ4v) is 3.06. The van der Waals surface area contributed by atoms with Crippen LogP contribution in [0.4, 0.5) is 0 Å². The Morgan fingerprint density at radius 3 is 2.33 bits per heavy atom. The van der Waals surface area contributed by atoms with E-state index in [0.717, 1.165) is 30.2 Å². The van der Waals surface area contributed by atoms with Gasteiger partial charge in [0.05, 0.1) is 17.4 Å². The molecule has 1 unspecified atom stereocenters. The molecule has 114 valence electrons. The first-order valence-electron chi connectivity index (χ1n) is 7.66. The van der Waals surface area contributed by atoms with Crippen LogP contribution in [0.3, 0.4) is 0 Å². The second-order valence-electron chi connectivity index (χ2n) is 5.30. The third-order valence-electron chi connectivity index (χ3n) is 4.15. The molecular weight excluding hydrogens is 260 g/mol. The minimum atomic E-state index is 0.218. The third kappa shape index (κ3) is 3.01. The summed E-state index contributed by atoms with van der Waals surface area (Å²) in [4.78, 5) is 7.17. The first-order valence-corrected chi connectivity index (χ1v) is 7.66. The number of hydrogen-bond donors (Lipinski definition) is 1. The Balaban J connectivity index is 2.48. The molecule has 21 heavy (non-hydrogen) atoms. The van der Waals surface area contributed by atoms with Gasteiger partial charge in [-0.25, -0.2) is 4.98 Å². The van der Waals surface area contributed by atoms with Crippen molar-refractivity contribution in [3.63, 3.8) is 0 Å². The molecule has 2 N–H and O–H groups in total. The van der Waals surface area contributed by atoms with Gasteiger partial charge in [0.15, 0.2) is 0 Å². The maximum Gasteiger partial charge on any atom is 0.140 e. The first kappa shape index (κ1) is 15.7. The van der Waals surface area contributed by atoms with Crippen molar-refractivity contribution in [3.8, 4) is 11.4 Å². The normalized spacial score (nSPS) is 12.9. The van der Waals surface area contributed by atoms with Gasteiger partial charge in [-0.05, 0) is 20.0 Å². The lowest BCUT2D eigenvalue weighted by atomic mass is 10.1. The highest BCUT2D eigenvalue weighted by molar-refractivity contribution is 5.56. The summed E-state index contributed by atoms with van der Waals surface area (Å²) in [5, 5.41) is 0. The molecule has 0 amide bonds. The monoisotopic (exact) mass is 286 g/mol. The van der Waals surface area contributed by atoms with Crippen molar-refractivity contribution in [1.82, 2.24) is 14.5 Å². The zero-order valence-corrected chi connectivity index (χ0v) is 13.5. The maximum absolute atomic E-state index is 6.06. The Hall–Kier alpha value is -1.65. The van der Waals surface area contributed by atoms with E-state index < -0.39 is 0 Å². The van der Waals surface area contributed by atoms with Gasteiger partial charge in [0.1, 0.15) is 5.82 Å². The highest BCUT2D eigenvalue weighted by Gasteiger charge is 2.24. The Morgan fingerprint density at radius 1 is 1.19 bits per heavy atom. The van der Waals surface area contributed by atoms with E-state index in [1.807, 2.05) is 18.2 Å². The van der Waals surface area contributed by atoms with Crippen molar-refractivity contribution >= 4 is 0 Å². The van der Waals surface area contributed by atoms with Crippen LogP contribution in [0.5, 0.6) is 0 Å². The standard InChI is InChI=1S/C17H26N4/c1-5-21(6-2)15(12-18)16-13(3)19-17(20(16)4)14-10-8-7-9-11-14/h7-11,15H,5-6,12,18H2,1-4H3. The van der Waals surface area contributed by atoms with Crippen LogP contribution in [0.15, 0.2) is 30.3 Å². The minimum absolute atomic E-state index is 0.218. The molecule has 1 heterocycles. The molecule has 2 rings (SSSR count). The first-order chi connectivity index (χ1) is 10.1. The molecule has 1 atom stereocenters. The van der Waals surface area contributed by atoms with Crippen molar-refractivity contribution in [2.75, 3.05) is 19.6 Å². The van der Waals surface area contributed by atoms with E-state index in [4.69, 9.17) is 10.7 Å². The largest absolute Gasteiger partial charge is 0.329 e. The van der Waals surface area contributed by atoms with Crippen LogP contribution in [0.25, 0.3) is 11.4 Å². The molecule has 2 aromatic rings. The molecule has 0 aliphatic carbocycles. The topological polar surface area (TPSA) is 47.1 Å². The van der Waals surface area contributed by atoms with E-state index in [2.05, 4.69) is 49.4 Å². The molecule has 4 nitrogen and oxygen atoms in total. The van der Waals surface area contributed by atoms with Gasteiger partial charge in [-0.1, -0.05) is 44.2 Å². The van der Waals surface area contributed by atoms with Gasteiger partial charge in [0.2, 0.25) is 0 Å². The molecule has 4 heteroatoms. The van der Waals surface area contributed by atoms with Crippen LogP contribution in [-0.4, -0.2) is 34.1 Å². The summed E-state index contributed by atoms with van der Waals surface area (Å²) in [6, 6.07) is 10.5. The fourth-order valence-electron chi connectivity index (χ4n) is 3.06. The fraction of sp³-hybridized carbons (Fsp3) is 0.471. The van der Waals surface area contributed by atoms with Crippen molar-refractivity contribution < 1.29 is 0 Å². The number of benzene rings is 1. The smallest absolute Gasteiger partial charge is 0.140 e. The molecular formula is C17H26N4. The number of nitrogens with two attached hydrogens (primary N) is 1. The molecule has 0 saturated heterocycles. The molecule has 0 radical (unpaired) electrons. The number of likely N-dealkylation sites (N-methyl/N-ethyl adjacent to an activating group) is 1. The Labute approximate surface area is 127 Å². The average molecular weight is 286 g/mol. The predicted octanol–water partition coefficient (Wildman–Crippen LogP) is 2.74. The number of aryl methyl sites for hydroxylation is 1. The van der Waals surface area contributed by atoms with Gasteiger partial charge in [-0.15, -0.1) is 0 Å². The molecule has 0 aliphatic rings. The van der Waals surface area contributed by atoms with Crippen LogP contribution in [0.1, 0.15) is 31.3 Å². The van der Waals surface area contributed by atoms with E-state index in [0.29, 0.717) is 6.54 Å². The molecule has 0 saturated carbocycles. The number of nitrogens with zero attached hydrogens (tertiary/aromatic N) is 3. The third-order valence-corrected chi connectivity index (χ3v) is 4.15. The van der Waals surface area contributed by atoms with Gasteiger partial charge in [-0.3, -0.25) is 4.90 Å². The Kier molecular flexibility index (Phi) is 5.15. The summed E-state index contributed by atoms with van der Waals surface area (Å²) in [6.45, 7) is 9.02. The van der Waals surface area contributed by atoms with E-state index in [1.165, 1.54) is 5.69 Å². The number of hydrogen-bond acceptors (Lipinski definition) is 3. The molecule has 1 aromatic heterocycles. The van der Waals surface area contributed by atoms with Gasteiger partial charge in [-0.2, -0.15) is 0 Å². The summed E-state index contributed by atoms with van der Waals surface area (Å²) in [6.07, 6.45) is 0. The van der Waals surface area contributed by atoms with Crippen LogP contribution < -0.4 is 5.73 Å². The molecule has 1 aromatic carbocycles. The summed E-state index contributed by atoms with van der Waals surface area (Å²) >= 11 is 0. The van der Waals surface area contributed by atoms with Gasteiger partial charge in [0, 0.05) is 19.2 Å². The number of rotatable bonds is 6. The van der Waals surface area contributed by atoms with Crippen LogP contribution in [0.2, 0.25) is 0 Å². The van der Waals surface area contributed by atoms with Gasteiger partial charge < -0.3 is 10.3 Å². The predicted molar refractivity (Wildman–Crippen MR) is 88.1 cm³/mol. The molecule has 0 spiro atoms. The van der Waals surface area contributed by atoms with Crippen molar-refractivity contribution in [3.05, 3.63) is 41.7 Å². The molecule has 0 bridgehead atoms. The molecule has 0 fully saturated rings. The van der Waals surface area contributed by atoms with Crippen LogP contribution >= 0.6 is 0 Å². The Bertz CT molecular complexity index is 570.